The molecule has 18 nitrogen and oxygen atoms in total. The highest BCUT2D eigenvalue weighted by Crippen LogP contribution is 2.15. The van der Waals surface area contributed by atoms with Crippen molar-refractivity contribution in [2.75, 3.05) is 10.6 Å². The number of hydrogen-bond acceptors (Lipinski definition) is 10. The summed E-state index contributed by atoms with van der Waals surface area (Å²) in [5.41, 5.74) is 0.649. The van der Waals surface area contributed by atoms with Gasteiger partial charge in [0.1, 0.15) is 48.8 Å². The SMILES string of the molecule is C[C@H](NC(=O)[C@H](CCC=O)NC(=O)[C@@H]1CCC(=O)N1)C(=O)Nc1ccc(NC(=O)[C@H](C)NC(=O)[C@H](CCC=O)NC(=O)[C@@H]2CCC(=O)N2)cc1. The monoisotopic (exact) mass is 698 g/mol. The van der Waals surface area contributed by atoms with Crippen LogP contribution in [0, 0.1) is 0 Å². The molecule has 270 valence electrons. The lowest BCUT2D eigenvalue weighted by atomic mass is 10.1. The Bertz CT molecular complexity index is 1370. The van der Waals surface area contributed by atoms with Gasteiger partial charge in [-0.05, 0) is 63.8 Å². The Morgan fingerprint density at radius 2 is 1.00 bits per heavy atom. The minimum Gasteiger partial charge on any atom is -0.344 e. The van der Waals surface area contributed by atoms with Crippen LogP contribution in [-0.2, 0) is 47.9 Å². The summed E-state index contributed by atoms with van der Waals surface area (Å²) >= 11 is 0. The first-order valence-electron chi connectivity index (χ1n) is 16.2. The van der Waals surface area contributed by atoms with Crippen LogP contribution in [0.5, 0.6) is 0 Å². The summed E-state index contributed by atoms with van der Waals surface area (Å²) < 4.78 is 0. The van der Waals surface area contributed by atoms with Gasteiger partial charge in [0.25, 0.3) is 0 Å². The van der Waals surface area contributed by atoms with E-state index in [1.807, 2.05) is 0 Å². The van der Waals surface area contributed by atoms with Crippen molar-refractivity contribution in [2.24, 2.45) is 0 Å². The van der Waals surface area contributed by atoms with Crippen LogP contribution < -0.4 is 42.5 Å². The van der Waals surface area contributed by atoms with E-state index < -0.39 is 71.7 Å². The topological polar surface area (TPSA) is 267 Å². The van der Waals surface area contributed by atoms with Gasteiger partial charge in [-0.15, -0.1) is 0 Å². The molecule has 8 amide bonds. The van der Waals surface area contributed by atoms with E-state index in [9.17, 15) is 47.9 Å². The van der Waals surface area contributed by atoms with E-state index >= 15 is 0 Å². The molecule has 8 N–H and O–H groups in total. The summed E-state index contributed by atoms with van der Waals surface area (Å²) in [6.07, 6.45) is 2.05. The Labute approximate surface area is 287 Å². The fourth-order valence-corrected chi connectivity index (χ4v) is 5.07. The Kier molecular flexibility index (Phi) is 14.5. The third-order valence-electron chi connectivity index (χ3n) is 7.96. The standard InChI is InChI=1S/C32H42N8O10/c1-17(33-29(47)21(5-3-15-41)39-31(49)23-11-13-25(43)37-23)27(45)35-19-7-9-20(10-8-19)36-28(46)18(2)34-30(48)22(6-4-16-42)40-32(50)24-12-14-26(44)38-24/h7-10,15-18,21-24H,3-6,11-14H2,1-2H3,(H,33,47)(H,34,48)(H,35,45)(H,36,46)(H,37,43)(H,38,44)(H,39,49)(H,40,50)/t17-,18-,21-,22-,23-,24-/m0/s1. The Hall–Kier alpha value is -5.68. The number of anilines is 2. The van der Waals surface area contributed by atoms with Crippen LogP contribution >= 0.6 is 0 Å². The third-order valence-corrected chi connectivity index (χ3v) is 7.96. The van der Waals surface area contributed by atoms with Gasteiger partial charge in [0.05, 0.1) is 0 Å². The molecule has 2 heterocycles. The molecule has 0 unspecified atom stereocenters. The smallest absolute Gasteiger partial charge is 0.246 e. The number of aldehydes is 2. The molecule has 3 rings (SSSR count). The van der Waals surface area contributed by atoms with Crippen LogP contribution in [0.2, 0.25) is 0 Å². The molecule has 2 saturated heterocycles. The molecule has 2 aliphatic heterocycles. The summed E-state index contributed by atoms with van der Waals surface area (Å²) in [6.45, 7) is 2.85. The number of carbonyl (C=O) groups excluding carboxylic acids is 10. The van der Waals surface area contributed by atoms with E-state index in [-0.39, 0.29) is 63.2 Å². The average Bonchev–Trinajstić information content (AvgIpc) is 3.73. The Morgan fingerprint density at radius 1 is 0.640 bits per heavy atom. The maximum Gasteiger partial charge on any atom is 0.246 e. The van der Waals surface area contributed by atoms with Gasteiger partial charge < -0.3 is 52.1 Å². The molecule has 18 heteroatoms. The van der Waals surface area contributed by atoms with E-state index in [1.54, 1.807) is 0 Å². The molecule has 0 saturated carbocycles. The van der Waals surface area contributed by atoms with Crippen LogP contribution in [0.4, 0.5) is 11.4 Å². The number of rotatable bonds is 18. The van der Waals surface area contributed by atoms with Gasteiger partial charge in [-0.25, -0.2) is 0 Å². The predicted molar refractivity (Wildman–Crippen MR) is 176 cm³/mol. The zero-order chi connectivity index (χ0) is 36.8. The van der Waals surface area contributed by atoms with Gasteiger partial charge in [-0.1, -0.05) is 0 Å². The van der Waals surface area contributed by atoms with Gasteiger partial charge in [-0.2, -0.15) is 0 Å². The van der Waals surface area contributed by atoms with Crippen LogP contribution in [-0.4, -0.2) is 96.1 Å². The largest absolute Gasteiger partial charge is 0.344 e. The highest BCUT2D eigenvalue weighted by molar-refractivity contribution is 6.01. The van der Waals surface area contributed by atoms with Crippen molar-refractivity contribution < 1.29 is 47.9 Å². The molecular weight excluding hydrogens is 656 g/mol. The van der Waals surface area contributed by atoms with Crippen molar-refractivity contribution in [3.05, 3.63) is 24.3 Å². The van der Waals surface area contributed by atoms with Crippen LogP contribution in [0.15, 0.2) is 24.3 Å². The van der Waals surface area contributed by atoms with E-state index in [4.69, 9.17) is 0 Å². The molecule has 0 radical (unpaired) electrons. The summed E-state index contributed by atoms with van der Waals surface area (Å²) in [5, 5.41) is 20.3. The second-order valence-electron chi connectivity index (χ2n) is 11.9. The first kappa shape index (κ1) is 38.8. The van der Waals surface area contributed by atoms with Crippen molar-refractivity contribution in [3.8, 4) is 0 Å². The van der Waals surface area contributed by atoms with Crippen LogP contribution in [0.1, 0.15) is 65.2 Å². The van der Waals surface area contributed by atoms with Crippen molar-refractivity contribution in [2.45, 2.75) is 101 Å². The van der Waals surface area contributed by atoms with Gasteiger partial charge in [0, 0.05) is 37.1 Å². The highest BCUT2D eigenvalue weighted by Gasteiger charge is 2.32. The van der Waals surface area contributed by atoms with E-state index in [0.29, 0.717) is 23.9 Å². The molecule has 0 aromatic heterocycles. The summed E-state index contributed by atoms with van der Waals surface area (Å²) in [4.78, 5) is 121. The maximum atomic E-state index is 12.9. The molecule has 1 aromatic carbocycles. The molecule has 6 atom stereocenters. The Balaban J connectivity index is 1.49. The molecule has 1 aromatic rings. The van der Waals surface area contributed by atoms with Gasteiger partial charge in [0.15, 0.2) is 0 Å². The maximum absolute atomic E-state index is 12.9. The van der Waals surface area contributed by atoms with Gasteiger partial charge in [0.2, 0.25) is 47.3 Å². The zero-order valence-corrected chi connectivity index (χ0v) is 27.7. The van der Waals surface area contributed by atoms with Crippen molar-refractivity contribution in [1.82, 2.24) is 31.9 Å². The van der Waals surface area contributed by atoms with Crippen molar-refractivity contribution >= 4 is 71.2 Å². The molecule has 50 heavy (non-hydrogen) atoms. The lowest BCUT2D eigenvalue weighted by molar-refractivity contribution is -0.132. The minimum atomic E-state index is -1.11. The van der Waals surface area contributed by atoms with Crippen molar-refractivity contribution in [3.63, 3.8) is 0 Å². The fraction of sp³-hybridized carbons (Fsp3) is 0.500. The van der Waals surface area contributed by atoms with E-state index in [1.165, 1.54) is 38.1 Å². The minimum absolute atomic E-state index is 0.00974. The van der Waals surface area contributed by atoms with Gasteiger partial charge >= 0.3 is 0 Å². The number of carbonyl (C=O) groups is 10. The first-order valence-corrected chi connectivity index (χ1v) is 16.2. The van der Waals surface area contributed by atoms with Crippen molar-refractivity contribution in [1.29, 1.82) is 0 Å². The lowest BCUT2D eigenvalue weighted by Crippen LogP contribution is -2.54. The third kappa shape index (κ3) is 11.8. The lowest BCUT2D eigenvalue weighted by Gasteiger charge is -2.22. The fourth-order valence-electron chi connectivity index (χ4n) is 5.07. The Morgan fingerprint density at radius 3 is 1.30 bits per heavy atom. The number of benzene rings is 1. The second-order valence-corrected chi connectivity index (χ2v) is 11.9. The summed E-state index contributed by atoms with van der Waals surface area (Å²) in [6, 6.07) is 0.0451. The molecule has 0 bridgehead atoms. The second kappa shape index (κ2) is 18.8. The summed E-state index contributed by atoms with van der Waals surface area (Å²) in [7, 11) is 0. The first-order chi connectivity index (χ1) is 23.8. The molecular formula is C32H42N8O10. The van der Waals surface area contributed by atoms with Crippen LogP contribution in [0.25, 0.3) is 0 Å². The zero-order valence-electron chi connectivity index (χ0n) is 27.7. The highest BCUT2D eigenvalue weighted by atomic mass is 16.2. The number of amides is 8. The van der Waals surface area contributed by atoms with E-state index in [2.05, 4.69) is 42.5 Å². The summed E-state index contributed by atoms with van der Waals surface area (Å²) in [5.74, 6) is -4.27. The molecule has 2 aliphatic rings. The molecule has 0 spiro atoms. The van der Waals surface area contributed by atoms with E-state index in [0.717, 1.165) is 0 Å². The normalized spacial score (nSPS) is 18.9. The average molecular weight is 699 g/mol. The predicted octanol–water partition coefficient (Wildman–Crippen LogP) is -1.94. The number of hydrogen-bond donors (Lipinski definition) is 8. The molecule has 0 aliphatic carbocycles. The van der Waals surface area contributed by atoms with Gasteiger partial charge in [-0.3, -0.25) is 38.4 Å². The number of nitrogens with one attached hydrogen (secondary N) is 8. The quantitative estimate of drug-likeness (QED) is 0.0786. The van der Waals surface area contributed by atoms with Crippen LogP contribution in [0.3, 0.4) is 0 Å². The molecule has 2 fully saturated rings.